The minimum absolute atomic E-state index is 0.00940. The Morgan fingerprint density at radius 3 is 2.92 bits per heavy atom. The SMILES string of the molecule is O=C(c1csc(-c2ccccc2)n1)N1CCC(Cl)C2CCCC=C21. The lowest BCUT2D eigenvalue weighted by Gasteiger charge is -2.40. The van der Waals surface area contributed by atoms with Gasteiger partial charge in [0.2, 0.25) is 0 Å². The first-order chi connectivity index (χ1) is 11.7. The maximum Gasteiger partial charge on any atom is 0.277 e. The van der Waals surface area contributed by atoms with E-state index < -0.39 is 0 Å². The molecule has 24 heavy (non-hydrogen) atoms. The number of aromatic nitrogens is 1. The lowest BCUT2D eigenvalue weighted by molar-refractivity contribution is 0.0746. The van der Waals surface area contributed by atoms with Gasteiger partial charge in [0.25, 0.3) is 5.91 Å². The minimum atomic E-state index is 0.00940. The Morgan fingerprint density at radius 1 is 1.25 bits per heavy atom. The molecule has 0 spiro atoms. The maximum absolute atomic E-state index is 13.0. The van der Waals surface area contributed by atoms with Crippen LogP contribution in [0.3, 0.4) is 0 Å². The van der Waals surface area contributed by atoms with Crippen molar-refractivity contribution in [3.8, 4) is 10.6 Å². The second-order valence-corrected chi connectivity index (χ2v) is 7.75. The second-order valence-electron chi connectivity index (χ2n) is 6.33. The Labute approximate surface area is 151 Å². The number of amides is 1. The molecule has 2 aliphatic rings. The lowest BCUT2D eigenvalue weighted by atomic mass is 9.84. The quantitative estimate of drug-likeness (QED) is 0.712. The number of benzene rings is 1. The fourth-order valence-electron chi connectivity index (χ4n) is 3.59. The highest BCUT2D eigenvalue weighted by Crippen LogP contribution is 2.38. The van der Waals surface area contributed by atoms with E-state index in [9.17, 15) is 4.79 Å². The van der Waals surface area contributed by atoms with E-state index in [0.717, 1.165) is 42.0 Å². The Balaban J connectivity index is 1.60. The Hall–Kier alpha value is -1.65. The number of piperidine rings is 1. The van der Waals surface area contributed by atoms with Crippen molar-refractivity contribution in [2.24, 2.45) is 5.92 Å². The summed E-state index contributed by atoms with van der Waals surface area (Å²) in [6, 6.07) is 9.99. The summed E-state index contributed by atoms with van der Waals surface area (Å²) in [5.41, 5.74) is 2.71. The number of hydrogen-bond acceptors (Lipinski definition) is 3. The molecule has 1 fully saturated rings. The normalized spacial score (nSPS) is 23.5. The van der Waals surface area contributed by atoms with Crippen molar-refractivity contribution in [2.75, 3.05) is 6.54 Å². The van der Waals surface area contributed by atoms with Crippen LogP contribution in [0.5, 0.6) is 0 Å². The average Bonchev–Trinajstić information content (AvgIpc) is 3.13. The van der Waals surface area contributed by atoms with Crippen molar-refractivity contribution in [1.29, 1.82) is 0 Å². The number of alkyl halides is 1. The van der Waals surface area contributed by atoms with E-state index in [1.807, 2.05) is 40.6 Å². The monoisotopic (exact) mass is 358 g/mol. The molecule has 1 aliphatic heterocycles. The van der Waals surface area contributed by atoms with E-state index in [2.05, 4.69) is 11.1 Å². The van der Waals surface area contributed by atoms with Crippen LogP contribution in [0.1, 0.15) is 36.2 Å². The van der Waals surface area contributed by atoms with Crippen LogP contribution in [0.25, 0.3) is 10.6 Å². The number of halogens is 1. The number of rotatable bonds is 2. The van der Waals surface area contributed by atoms with Crippen LogP contribution >= 0.6 is 22.9 Å². The van der Waals surface area contributed by atoms with Gasteiger partial charge >= 0.3 is 0 Å². The molecule has 2 heterocycles. The zero-order chi connectivity index (χ0) is 16.5. The summed E-state index contributed by atoms with van der Waals surface area (Å²) in [6.07, 6.45) is 6.33. The van der Waals surface area contributed by atoms with E-state index >= 15 is 0 Å². The fourth-order valence-corrected chi connectivity index (χ4v) is 4.74. The summed E-state index contributed by atoms with van der Waals surface area (Å²) < 4.78 is 0. The van der Waals surface area contributed by atoms with Gasteiger partial charge in [0.05, 0.1) is 0 Å². The predicted octanol–water partition coefficient (Wildman–Crippen LogP) is 4.95. The number of carbonyl (C=O) groups is 1. The molecule has 0 bridgehead atoms. The summed E-state index contributed by atoms with van der Waals surface area (Å²) >= 11 is 8.02. The average molecular weight is 359 g/mol. The Kier molecular flexibility index (Phi) is 4.42. The molecule has 0 N–H and O–H groups in total. The van der Waals surface area contributed by atoms with E-state index in [1.54, 1.807) is 0 Å². The van der Waals surface area contributed by atoms with Crippen molar-refractivity contribution in [1.82, 2.24) is 9.88 Å². The molecule has 3 nitrogen and oxygen atoms in total. The molecule has 2 atom stereocenters. The first-order valence-electron chi connectivity index (χ1n) is 8.41. The first kappa shape index (κ1) is 15.9. The molecule has 1 aromatic carbocycles. The number of nitrogens with zero attached hydrogens (tertiary/aromatic N) is 2. The van der Waals surface area contributed by atoms with Crippen LogP contribution in [-0.2, 0) is 0 Å². The smallest absolute Gasteiger partial charge is 0.277 e. The first-order valence-corrected chi connectivity index (χ1v) is 9.72. The zero-order valence-electron chi connectivity index (χ0n) is 13.3. The van der Waals surface area contributed by atoms with Gasteiger partial charge < -0.3 is 4.90 Å². The van der Waals surface area contributed by atoms with Crippen molar-refractivity contribution in [3.05, 3.63) is 53.2 Å². The van der Waals surface area contributed by atoms with Gasteiger partial charge in [0.1, 0.15) is 10.7 Å². The molecule has 1 aromatic heterocycles. The third-order valence-electron chi connectivity index (χ3n) is 4.82. The Morgan fingerprint density at radius 2 is 2.08 bits per heavy atom. The van der Waals surface area contributed by atoms with E-state index in [1.165, 1.54) is 11.3 Å². The number of likely N-dealkylation sites (tertiary alicyclic amines) is 1. The van der Waals surface area contributed by atoms with Gasteiger partial charge in [-0.05, 0) is 25.7 Å². The van der Waals surface area contributed by atoms with Crippen LogP contribution in [0.4, 0.5) is 0 Å². The Bertz CT molecular complexity index is 771. The molecule has 2 unspecified atom stereocenters. The molecule has 5 heteroatoms. The van der Waals surface area contributed by atoms with Crippen molar-refractivity contribution >= 4 is 28.8 Å². The molecule has 0 radical (unpaired) electrons. The van der Waals surface area contributed by atoms with Gasteiger partial charge in [-0.2, -0.15) is 0 Å². The standard InChI is InChI=1S/C19H19ClN2OS/c20-15-10-11-22(17-9-5-4-8-14(15)17)19(23)16-12-24-18(21-16)13-6-2-1-3-7-13/h1-3,6-7,9,12,14-15H,4-5,8,10-11H2. The van der Waals surface area contributed by atoms with Crippen LogP contribution in [0.15, 0.2) is 47.5 Å². The maximum atomic E-state index is 13.0. The number of thiazole rings is 1. The second kappa shape index (κ2) is 6.69. The predicted molar refractivity (Wildman–Crippen MR) is 98.3 cm³/mol. The number of fused-ring (bicyclic) bond motifs is 1. The molecule has 1 saturated heterocycles. The lowest BCUT2D eigenvalue weighted by Crippen LogP contribution is -2.43. The summed E-state index contributed by atoms with van der Waals surface area (Å²) in [4.78, 5) is 19.5. The largest absolute Gasteiger partial charge is 0.311 e. The molecule has 2 aromatic rings. The molecule has 1 amide bonds. The van der Waals surface area contributed by atoms with Crippen molar-refractivity contribution in [3.63, 3.8) is 0 Å². The van der Waals surface area contributed by atoms with Gasteiger partial charge in [-0.3, -0.25) is 4.79 Å². The minimum Gasteiger partial charge on any atom is -0.311 e. The van der Waals surface area contributed by atoms with Crippen LogP contribution in [0.2, 0.25) is 0 Å². The molecular formula is C19H19ClN2OS. The number of carbonyl (C=O) groups excluding carboxylic acids is 1. The van der Waals surface area contributed by atoms with Gasteiger partial charge in [-0.15, -0.1) is 22.9 Å². The number of hydrogen-bond donors (Lipinski definition) is 0. The highest BCUT2D eigenvalue weighted by atomic mass is 35.5. The van der Waals surface area contributed by atoms with Crippen LogP contribution in [-0.4, -0.2) is 27.7 Å². The third kappa shape index (κ3) is 2.89. The zero-order valence-corrected chi connectivity index (χ0v) is 14.9. The fraction of sp³-hybridized carbons (Fsp3) is 0.368. The number of allylic oxidation sites excluding steroid dienone is 2. The van der Waals surface area contributed by atoms with Gasteiger partial charge in [-0.1, -0.05) is 36.4 Å². The molecule has 4 rings (SSSR count). The summed E-state index contributed by atoms with van der Waals surface area (Å²) in [6.45, 7) is 0.688. The van der Waals surface area contributed by atoms with Crippen molar-refractivity contribution in [2.45, 2.75) is 31.1 Å². The van der Waals surface area contributed by atoms with E-state index in [0.29, 0.717) is 18.2 Å². The molecule has 1 aliphatic carbocycles. The van der Waals surface area contributed by atoms with E-state index in [-0.39, 0.29) is 11.3 Å². The summed E-state index contributed by atoms with van der Waals surface area (Å²) in [7, 11) is 0. The van der Waals surface area contributed by atoms with Crippen LogP contribution in [0, 0.1) is 5.92 Å². The summed E-state index contributed by atoms with van der Waals surface area (Å²) in [5.74, 6) is 0.320. The molecule has 124 valence electrons. The van der Waals surface area contributed by atoms with Crippen LogP contribution < -0.4 is 0 Å². The highest BCUT2D eigenvalue weighted by Gasteiger charge is 2.36. The van der Waals surface area contributed by atoms with Gasteiger partial charge in [0, 0.05) is 34.5 Å². The highest BCUT2D eigenvalue weighted by molar-refractivity contribution is 7.13. The third-order valence-corrected chi connectivity index (χ3v) is 6.23. The molecular weight excluding hydrogens is 340 g/mol. The van der Waals surface area contributed by atoms with Gasteiger partial charge in [0.15, 0.2) is 0 Å². The van der Waals surface area contributed by atoms with Gasteiger partial charge in [-0.25, -0.2) is 4.98 Å². The summed E-state index contributed by atoms with van der Waals surface area (Å²) in [5, 5.41) is 2.91. The van der Waals surface area contributed by atoms with Crippen molar-refractivity contribution < 1.29 is 4.79 Å². The molecule has 0 saturated carbocycles. The topological polar surface area (TPSA) is 33.2 Å². The van der Waals surface area contributed by atoms with E-state index in [4.69, 9.17) is 11.6 Å².